The standard InChI is InChI=1S/C11H23N3O2.2C2H6.H2/c15-10-2-4-13-11(16)3-1-7-14-8-5-12-6-9-14;2*1-2;/h12,15H,1-10H2,(H,13,16);2*1-2H3;1H. The van der Waals surface area contributed by atoms with Crippen molar-refractivity contribution >= 4 is 5.91 Å². The first-order chi connectivity index (χ1) is 9.83. The predicted molar refractivity (Wildman–Crippen MR) is 88.1 cm³/mol. The van der Waals surface area contributed by atoms with Gasteiger partial charge in [-0.1, -0.05) is 27.7 Å². The van der Waals surface area contributed by atoms with Crippen LogP contribution in [0, 0.1) is 0 Å². The van der Waals surface area contributed by atoms with E-state index >= 15 is 0 Å². The van der Waals surface area contributed by atoms with Gasteiger partial charge in [0.1, 0.15) is 0 Å². The molecule has 0 aliphatic carbocycles. The van der Waals surface area contributed by atoms with E-state index in [0.717, 1.165) is 39.1 Å². The Morgan fingerprint density at radius 2 is 1.80 bits per heavy atom. The number of carbonyl (C=O) groups excluding carboxylic acids is 1. The fourth-order valence-electron chi connectivity index (χ4n) is 1.79. The highest BCUT2D eigenvalue weighted by Crippen LogP contribution is 1.97. The van der Waals surface area contributed by atoms with Crippen molar-refractivity contribution in [2.45, 2.75) is 47.0 Å². The number of carbonyl (C=O) groups is 1. The van der Waals surface area contributed by atoms with Crippen LogP contribution >= 0.6 is 0 Å². The van der Waals surface area contributed by atoms with Crippen molar-refractivity contribution in [2.24, 2.45) is 0 Å². The Bertz CT molecular complexity index is 201. The molecule has 0 aromatic carbocycles. The minimum atomic E-state index is 0. The SMILES string of the molecule is CC.CC.O=C(CCCN1CCNCC1)NCCCO.[HH]. The molecule has 0 spiro atoms. The summed E-state index contributed by atoms with van der Waals surface area (Å²) in [4.78, 5) is 13.7. The van der Waals surface area contributed by atoms with Crippen LogP contribution in [-0.4, -0.2) is 61.8 Å². The molecule has 0 atom stereocenters. The van der Waals surface area contributed by atoms with Crippen LogP contribution in [0.4, 0.5) is 0 Å². The first-order valence-electron chi connectivity index (χ1n) is 8.13. The molecule has 1 saturated heterocycles. The van der Waals surface area contributed by atoms with Crippen molar-refractivity contribution in [3.63, 3.8) is 0 Å². The van der Waals surface area contributed by atoms with E-state index in [1.54, 1.807) is 0 Å². The van der Waals surface area contributed by atoms with Gasteiger partial charge in [-0.2, -0.15) is 0 Å². The monoisotopic (exact) mass is 291 g/mol. The molecule has 124 valence electrons. The van der Waals surface area contributed by atoms with Crippen molar-refractivity contribution < 1.29 is 11.3 Å². The minimum absolute atomic E-state index is 0. The van der Waals surface area contributed by atoms with Gasteiger partial charge in [0.15, 0.2) is 0 Å². The fourth-order valence-corrected chi connectivity index (χ4v) is 1.79. The summed E-state index contributed by atoms with van der Waals surface area (Å²) in [5.74, 6) is 0.101. The van der Waals surface area contributed by atoms with Crippen molar-refractivity contribution in [3.05, 3.63) is 0 Å². The van der Waals surface area contributed by atoms with E-state index in [0.29, 0.717) is 19.4 Å². The number of hydrogen-bond acceptors (Lipinski definition) is 4. The van der Waals surface area contributed by atoms with Gasteiger partial charge in [-0.15, -0.1) is 0 Å². The zero-order valence-electron chi connectivity index (χ0n) is 13.9. The third-order valence-electron chi connectivity index (χ3n) is 2.74. The normalized spacial score (nSPS) is 14.4. The van der Waals surface area contributed by atoms with Gasteiger partial charge in [-0.25, -0.2) is 0 Å². The van der Waals surface area contributed by atoms with Crippen LogP contribution < -0.4 is 10.6 Å². The minimum Gasteiger partial charge on any atom is -0.396 e. The summed E-state index contributed by atoms with van der Waals surface area (Å²) in [5, 5.41) is 14.7. The van der Waals surface area contributed by atoms with Crippen LogP contribution in [0.5, 0.6) is 0 Å². The van der Waals surface area contributed by atoms with E-state index in [1.807, 2.05) is 27.7 Å². The smallest absolute Gasteiger partial charge is 0.220 e. The van der Waals surface area contributed by atoms with Gasteiger partial charge in [0.25, 0.3) is 0 Å². The zero-order valence-corrected chi connectivity index (χ0v) is 13.9. The molecule has 20 heavy (non-hydrogen) atoms. The van der Waals surface area contributed by atoms with Crippen LogP contribution in [0.3, 0.4) is 0 Å². The first-order valence-corrected chi connectivity index (χ1v) is 8.13. The lowest BCUT2D eigenvalue weighted by molar-refractivity contribution is -0.121. The predicted octanol–water partition coefficient (Wildman–Crippen LogP) is 1.47. The van der Waals surface area contributed by atoms with Gasteiger partial charge in [0.05, 0.1) is 0 Å². The average Bonchev–Trinajstić information content (AvgIpc) is 2.53. The zero-order chi connectivity index (χ0) is 15.6. The number of piperazine rings is 1. The van der Waals surface area contributed by atoms with Gasteiger partial charge in [0, 0.05) is 47.2 Å². The highest BCUT2D eigenvalue weighted by molar-refractivity contribution is 5.75. The second-order valence-corrected chi connectivity index (χ2v) is 4.12. The van der Waals surface area contributed by atoms with Crippen LogP contribution in [0.2, 0.25) is 0 Å². The van der Waals surface area contributed by atoms with Gasteiger partial charge in [-0.05, 0) is 19.4 Å². The molecule has 1 rings (SSSR count). The van der Waals surface area contributed by atoms with Crippen molar-refractivity contribution in [1.29, 1.82) is 0 Å². The summed E-state index contributed by atoms with van der Waals surface area (Å²) in [6, 6.07) is 0. The molecule has 3 N–H and O–H groups in total. The number of hydrogen-bond donors (Lipinski definition) is 3. The molecule has 0 radical (unpaired) electrons. The van der Waals surface area contributed by atoms with Crippen molar-refractivity contribution in [2.75, 3.05) is 45.9 Å². The van der Waals surface area contributed by atoms with Crippen molar-refractivity contribution in [1.82, 2.24) is 15.5 Å². The molecule has 5 heteroatoms. The number of nitrogens with zero attached hydrogens (tertiary/aromatic N) is 1. The van der Waals surface area contributed by atoms with Crippen molar-refractivity contribution in [3.8, 4) is 0 Å². The molecule has 0 aromatic heterocycles. The Labute approximate surface area is 126 Å². The Morgan fingerprint density at radius 1 is 1.20 bits per heavy atom. The van der Waals surface area contributed by atoms with E-state index in [2.05, 4.69) is 15.5 Å². The largest absolute Gasteiger partial charge is 0.396 e. The maximum atomic E-state index is 11.3. The lowest BCUT2D eigenvalue weighted by atomic mass is 10.2. The maximum Gasteiger partial charge on any atom is 0.220 e. The summed E-state index contributed by atoms with van der Waals surface area (Å²) in [6.45, 7) is 14.0. The number of aliphatic hydroxyl groups excluding tert-OH is 1. The number of rotatable bonds is 7. The highest BCUT2D eigenvalue weighted by Gasteiger charge is 2.09. The number of nitrogens with one attached hydrogen (secondary N) is 2. The molecule has 0 bridgehead atoms. The third kappa shape index (κ3) is 13.8. The number of amides is 1. The summed E-state index contributed by atoms with van der Waals surface area (Å²) in [5.41, 5.74) is 0. The number of aliphatic hydroxyl groups is 1. The molecular formula is C15H37N3O2. The summed E-state index contributed by atoms with van der Waals surface area (Å²) in [7, 11) is 0. The van der Waals surface area contributed by atoms with E-state index in [4.69, 9.17) is 5.11 Å². The van der Waals surface area contributed by atoms with Crippen LogP contribution in [0.1, 0.15) is 48.4 Å². The van der Waals surface area contributed by atoms with Crippen LogP contribution in [-0.2, 0) is 4.79 Å². The summed E-state index contributed by atoms with van der Waals surface area (Å²) < 4.78 is 0. The Morgan fingerprint density at radius 3 is 2.35 bits per heavy atom. The first kappa shape index (κ1) is 21.6. The maximum absolute atomic E-state index is 11.3. The Kier molecular flexibility index (Phi) is 19.9. The molecule has 1 heterocycles. The van der Waals surface area contributed by atoms with Gasteiger partial charge < -0.3 is 20.6 Å². The van der Waals surface area contributed by atoms with Crippen LogP contribution in [0.25, 0.3) is 0 Å². The van der Waals surface area contributed by atoms with Gasteiger partial charge >= 0.3 is 0 Å². The molecule has 5 nitrogen and oxygen atoms in total. The highest BCUT2D eigenvalue weighted by atomic mass is 16.3. The van der Waals surface area contributed by atoms with E-state index in [-0.39, 0.29) is 13.9 Å². The fraction of sp³-hybridized carbons (Fsp3) is 0.933. The van der Waals surface area contributed by atoms with Gasteiger partial charge in [-0.3, -0.25) is 4.79 Å². The molecule has 1 amide bonds. The summed E-state index contributed by atoms with van der Waals surface area (Å²) >= 11 is 0. The van der Waals surface area contributed by atoms with Crippen LogP contribution in [0.15, 0.2) is 0 Å². The second-order valence-electron chi connectivity index (χ2n) is 4.12. The van der Waals surface area contributed by atoms with E-state index < -0.39 is 0 Å². The molecule has 0 unspecified atom stereocenters. The van der Waals surface area contributed by atoms with E-state index in [1.165, 1.54) is 0 Å². The molecule has 1 aliphatic rings. The molecule has 0 saturated carbocycles. The quantitative estimate of drug-likeness (QED) is 0.622. The Balaban J connectivity index is -0.000000595. The van der Waals surface area contributed by atoms with Gasteiger partial charge in [0.2, 0.25) is 5.91 Å². The average molecular weight is 291 g/mol. The third-order valence-corrected chi connectivity index (χ3v) is 2.74. The lowest BCUT2D eigenvalue weighted by Crippen LogP contribution is -2.43. The second kappa shape index (κ2) is 18.4. The van der Waals surface area contributed by atoms with E-state index in [9.17, 15) is 4.79 Å². The molecule has 1 aliphatic heterocycles. The molecule has 1 fully saturated rings. The molecular weight excluding hydrogens is 254 g/mol. The topological polar surface area (TPSA) is 64.6 Å². The lowest BCUT2D eigenvalue weighted by Gasteiger charge is -2.26. The Hall–Kier alpha value is -0.650. The summed E-state index contributed by atoms with van der Waals surface area (Å²) in [6.07, 6.45) is 2.16. The molecule has 0 aromatic rings.